The van der Waals surface area contributed by atoms with Gasteiger partial charge < -0.3 is 4.89 Å². The van der Waals surface area contributed by atoms with Crippen molar-refractivity contribution in [1.29, 1.82) is 0 Å². The number of Topliss-reactive ketones (excluding diaryl/α,β-unsaturated/α-hetero) is 1. The summed E-state index contributed by atoms with van der Waals surface area (Å²) in [5.41, 5.74) is 0. The van der Waals surface area contributed by atoms with Gasteiger partial charge in [-0.15, -0.1) is 0 Å². The summed E-state index contributed by atoms with van der Waals surface area (Å²) in [6.45, 7) is 1.81. The van der Waals surface area contributed by atoms with E-state index in [2.05, 4.69) is 9.78 Å². The Balaban J connectivity index is 2.57. The Morgan fingerprint density at radius 2 is 2.62 bits per heavy atom. The highest BCUT2D eigenvalue weighted by Crippen LogP contribution is 2.05. The van der Waals surface area contributed by atoms with Crippen LogP contribution in [0.3, 0.4) is 0 Å². The molecule has 0 saturated carbocycles. The average molecular weight is 114 g/mol. The average Bonchev–Trinajstić information content (AvgIpc) is 2.12. The summed E-state index contributed by atoms with van der Waals surface area (Å²) in [5, 5.41) is 0. The predicted molar refractivity (Wildman–Crippen MR) is 25.8 cm³/mol. The summed E-state index contributed by atoms with van der Waals surface area (Å²) in [7, 11) is 0. The molecule has 8 heavy (non-hydrogen) atoms. The van der Waals surface area contributed by atoms with Crippen molar-refractivity contribution in [2.24, 2.45) is 0 Å². The van der Waals surface area contributed by atoms with Gasteiger partial charge in [0, 0.05) is 6.92 Å². The summed E-state index contributed by atoms with van der Waals surface area (Å²) < 4.78 is 0. The Morgan fingerprint density at radius 1 is 1.88 bits per heavy atom. The molecular formula is C5H6O3. The molecule has 0 unspecified atom stereocenters. The van der Waals surface area contributed by atoms with Gasteiger partial charge in [0.05, 0.1) is 0 Å². The van der Waals surface area contributed by atoms with Gasteiger partial charge >= 0.3 is 0 Å². The van der Waals surface area contributed by atoms with Crippen LogP contribution in [0.15, 0.2) is 11.8 Å². The van der Waals surface area contributed by atoms with Gasteiger partial charge in [-0.1, -0.05) is 0 Å². The minimum atomic E-state index is -0.0949. The van der Waals surface area contributed by atoms with Gasteiger partial charge in [-0.2, -0.15) is 4.89 Å². The van der Waals surface area contributed by atoms with Crippen LogP contribution >= 0.6 is 0 Å². The van der Waals surface area contributed by atoms with E-state index in [1.807, 2.05) is 0 Å². The maximum absolute atomic E-state index is 10.4. The van der Waals surface area contributed by atoms with Gasteiger partial charge in [0.25, 0.3) is 0 Å². The molecule has 0 atom stereocenters. The van der Waals surface area contributed by atoms with E-state index in [0.29, 0.717) is 12.4 Å². The molecule has 44 valence electrons. The predicted octanol–water partition coefficient (Wildman–Crippen LogP) is 0.421. The second-order valence-corrected chi connectivity index (χ2v) is 1.49. The van der Waals surface area contributed by atoms with E-state index in [1.54, 1.807) is 6.08 Å². The minimum absolute atomic E-state index is 0.0949. The lowest BCUT2D eigenvalue weighted by molar-refractivity contribution is -0.233. The van der Waals surface area contributed by atoms with Crippen LogP contribution in [0.2, 0.25) is 0 Å². The highest BCUT2D eigenvalue weighted by atomic mass is 17.2. The Morgan fingerprint density at radius 3 is 2.88 bits per heavy atom. The zero-order valence-electron chi connectivity index (χ0n) is 4.51. The van der Waals surface area contributed by atoms with Crippen molar-refractivity contribution in [3.63, 3.8) is 0 Å². The van der Waals surface area contributed by atoms with Crippen molar-refractivity contribution in [3.05, 3.63) is 11.8 Å². The molecule has 1 aliphatic heterocycles. The molecule has 0 aliphatic carbocycles. The third-order valence-corrected chi connectivity index (χ3v) is 0.832. The molecule has 1 rings (SSSR count). The lowest BCUT2D eigenvalue weighted by Gasteiger charge is -1.91. The quantitative estimate of drug-likeness (QED) is 0.463. The summed E-state index contributed by atoms with van der Waals surface area (Å²) in [6.07, 6.45) is 1.60. The van der Waals surface area contributed by atoms with E-state index in [0.717, 1.165) is 0 Å². The molecule has 0 aromatic rings. The van der Waals surface area contributed by atoms with Crippen molar-refractivity contribution in [1.82, 2.24) is 0 Å². The molecule has 0 spiro atoms. The van der Waals surface area contributed by atoms with E-state index in [-0.39, 0.29) is 5.78 Å². The Labute approximate surface area is 46.8 Å². The molecule has 1 heterocycles. The van der Waals surface area contributed by atoms with E-state index in [4.69, 9.17) is 0 Å². The molecular weight excluding hydrogens is 108 g/mol. The van der Waals surface area contributed by atoms with Crippen LogP contribution < -0.4 is 0 Å². The third-order valence-electron chi connectivity index (χ3n) is 0.832. The minimum Gasteiger partial charge on any atom is -0.334 e. The molecule has 1 aliphatic rings. The second kappa shape index (κ2) is 1.96. The van der Waals surface area contributed by atoms with E-state index in [9.17, 15) is 4.79 Å². The molecule has 0 N–H and O–H groups in total. The summed E-state index contributed by atoms with van der Waals surface area (Å²) >= 11 is 0. The number of hydrogen-bond donors (Lipinski definition) is 0. The van der Waals surface area contributed by atoms with Crippen LogP contribution in [-0.4, -0.2) is 12.4 Å². The Kier molecular flexibility index (Phi) is 1.30. The molecule has 0 saturated heterocycles. The van der Waals surface area contributed by atoms with Crippen molar-refractivity contribution in [2.45, 2.75) is 6.92 Å². The third kappa shape index (κ3) is 0.869. The molecule has 0 radical (unpaired) electrons. The van der Waals surface area contributed by atoms with E-state index in [1.165, 1.54) is 6.92 Å². The SMILES string of the molecule is CC(=O)C1=CCOO1. The molecule has 0 aromatic carbocycles. The highest BCUT2D eigenvalue weighted by Gasteiger charge is 2.10. The smallest absolute Gasteiger partial charge is 0.206 e. The molecule has 3 nitrogen and oxygen atoms in total. The van der Waals surface area contributed by atoms with Gasteiger partial charge in [0.1, 0.15) is 6.61 Å². The van der Waals surface area contributed by atoms with Crippen LogP contribution in [0.25, 0.3) is 0 Å². The highest BCUT2D eigenvalue weighted by molar-refractivity contribution is 5.91. The number of hydrogen-bond acceptors (Lipinski definition) is 3. The standard InChI is InChI=1S/C5H6O3/c1-4(6)5-2-3-7-8-5/h2H,3H2,1H3. The molecule has 0 bridgehead atoms. The lowest BCUT2D eigenvalue weighted by atomic mass is 10.3. The molecule has 0 fully saturated rings. The number of allylic oxidation sites excluding steroid dienone is 1. The Hall–Kier alpha value is -0.830. The molecule has 0 amide bonds. The van der Waals surface area contributed by atoms with Gasteiger partial charge in [-0.3, -0.25) is 4.79 Å². The van der Waals surface area contributed by atoms with Crippen LogP contribution in [0.5, 0.6) is 0 Å². The van der Waals surface area contributed by atoms with Gasteiger partial charge in [0.2, 0.25) is 5.76 Å². The molecule has 3 heteroatoms. The van der Waals surface area contributed by atoms with Crippen molar-refractivity contribution in [3.8, 4) is 0 Å². The summed E-state index contributed by atoms with van der Waals surface area (Å²) in [4.78, 5) is 19.2. The van der Waals surface area contributed by atoms with E-state index >= 15 is 0 Å². The van der Waals surface area contributed by atoms with E-state index < -0.39 is 0 Å². The largest absolute Gasteiger partial charge is 0.334 e. The maximum Gasteiger partial charge on any atom is 0.206 e. The van der Waals surface area contributed by atoms with Crippen molar-refractivity contribution < 1.29 is 14.6 Å². The topological polar surface area (TPSA) is 35.5 Å². The zero-order chi connectivity index (χ0) is 5.98. The maximum atomic E-state index is 10.4. The number of carbonyl (C=O) groups excluding carboxylic acids is 1. The number of ketones is 1. The second-order valence-electron chi connectivity index (χ2n) is 1.49. The first-order chi connectivity index (χ1) is 3.80. The van der Waals surface area contributed by atoms with Gasteiger partial charge in [0.15, 0.2) is 5.78 Å². The van der Waals surface area contributed by atoms with Crippen LogP contribution in [0.4, 0.5) is 0 Å². The van der Waals surface area contributed by atoms with Crippen molar-refractivity contribution >= 4 is 5.78 Å². The first-order valence-corrected chi connectivity index (χ1v) is 2.31. The van der Waals surface area contributed by atoms with Crippen LogP contribution in [-0.2, 0) is 14.6 Å². The lowest BCUT2D eigenvalue weighted by Crippen LogP contribution is -1.94. The summed E-state index contributed by atoms with van der Waals surface area (Å²) in [5.74, 6) is 0.215. The van der Waals surface area contributed by atoms with Crippen LogP contribution in [0, 0.1) is 0 Å². The van der Waals surface area contributed by atoms with Crippen LogP contribution in [0.1, 0.15) is 6.92 Å². The Bertz CT molecular complexity index is 137. The zero-order valence-corrected chi connectivity index (χ0v) is 4.51. The van der Waals surface area contributed by atoms with Gasteiger partial charge in [-0.25, -0.2) is 0 Å². The fourth-order valence-corrected chi connectivity index (χ4v) is 0.444. The fourth-order valence-electron chi connectivity index (χ4n) is 0.444. The first-order valence-electron chi connectivity index (χ1n) is 2.31. The van der Waals surface area contributed by atoms with Gasteiger partial charge in [-0.05, 0) is 6.08 Å². The fraction of sp³-hybridized carbons (Fsp3) is 0.400. The monoisotopic (exact) mass is 114 g/mol. The normalized spacial score (nSPS) is 17.4. The number of rotatable bonds is 1. The summed E-state index contributed by atoms with van der Waals surface area (Å²) in [6, 6.07) is 0. The first kappa shape index (κ1) is 5.31. The number of carbonyl (C=O) groups is 1. The molecule has 0 aromatic heterocycles. The van der Waals surface area contributed by atoms with Crippen molar-refractivity contribution in [2.75, 3.05) is 6.61 Å².